The van der Waals surface area contributed by atoms with Crippen LogP contribution in [0.3, 0.4) is 0 Å². The van der Waals surface area contributed by atoms with Crippen LogP contribution in [0.4, 0.5) is 0 Å². The Morgan fingerprint density at radius 1 is 1.41 bits per heavy atom. The second-order valence-electron chi connectivity index (χ2n) is 6.20. The molecule has 98 valence electrons. The van der Waals surface area contributed by atoms with Crippen LogP contribution in [0.25, 0.3) is 0 Å². The molecule has 2 rings (SSSR count). The van der Waals surface area contributed by atoms with Gasteiger partial charge in [-0.1, -0.05) is 27.2 Å². The molecule has 1 amide bonds. The SMILES string of the molecule is CCC1(C)CCN(C(=O)C(C)C2CNC2)CC1. The maximum atomic E-state index is 12.3. The Hall–Kier alpha value is -0.570. The first-order valence-corrected chi connectivity index (χ1v) is 7.05. The Labute approximate surface area is 105 Å². The highest BCUT2D eigenvalue weighted by Gasteiger charge is 2.35. The summed E-state index contributed by atoms with van der Waals surface area (Å²) in [5.41, 5.74) is 0.470. The largest absolute Gasteiger partial charge is 0.342 e. The molecular formula is C14H26N2O. The Morgan fingerprint density at radius 2 is 2.00 bits per heavy atom. The number of nitrogens with zero attached hydrogens (tertiary/aromatic N) is 1. The number of nitrogens with one attached hydrogen (secondary N) is 1. The summed E-state index contributed by atoms with van der Waals surface area (Å²) in [6, 6.07) is 0. The smallest absolute Gasteiger partial charge is 0.225 e. The van der Waals surface area contributed by atoms with Crippen molar-refractivity contribution in [2.45, 2.75) is 40.0 Å². The minimum atomic E-state index is 0.210. The maximum absolute atomic E-state index is 12.3. The molecule has 0 saturated carbocycles. The molecule has 1 atom stereocenters. The molecule has 2 aliphatic heterocycles. The molecule has 0 aromatic heterocycles. The molecule has 0 aromatic rings. The Bertz CT molecular complexity index is 278. The van der Waals surface area contributed by atoms with E-state index in [4.69, 9.17) is 0 Å². The van der Waals surface area contributed by atoms with Gasteiger partial charge in [0.2, 0.25) is 5.91 Å². The van der Waals surface area contributed by atoms with E-state index in [0.717, 1.165) is 26.2 Å². The maximum Gasteiger partial charge on any atom is 0.225 e. The predicted molar refractivity (Wildman–Crippen MR) is 69.7 cm³/mol. The van der Waals surface area contributed by atoms with Crippen molar-refractivity contribution in [1.29, 1.82) is 0 Å². The molecule has 0 aromatic carbocycles. The summed E-state index contributed by atoms with van der Waals surface area (Å²) in [7, 11) is 0. The molecule has 1 N–H and O–H groups in total. The van der Waals surface area contributed by atoms with Gasteiger partial charge in [-0.15, -0.1) is 0 Å². The van der Waals surface area contributed by atoms with Crippen LogP contribution >= 0.6 is 0 Å². The van der Waals surface area contributed by atoms with Crippen molar-refractivity contribution >= 4 is 5.91 Å². The van der Waals surface area contributed by atoms with E-state index < -0.39 is 0 Å². The summed E-state index contributed by atoms with van der Waals surface area (Å²) in [5.74, 6) is 1.17. The third kappa shape index (κ3) is 2.65. The van der Waals surface area contributed by atoms with Gasteiger partial charge in [-0.2, -0.15) is 0 Å². The average molecular weight is 238 g/mol. The number of hydrogen-bond donors (Lipinski definition) is 1. The van der Waals surface area contributed by atoms with Gasteiger partial charge in [-0.25, -0.2) is 0 Å². The fraction of sp³-hybridized carbons (Fsp3) is 0.929. The van der Waals surface area contributed by atoms with Gasteiger partial charge in [0, 0.05) is 19.0 Å². The fourth-order valence-corrected chi connectivity index (χ4v) is 2.77. The first-order valence-electron chi connectivity index (χ1n) is 7.05. The molecule has 1 unspecified atom stereocenters. The minimum absolute atomic E-state index is 0.210. The number of rotatable bonds is 3. The second-order valence-corrected chi connectivity index (χ2v) is 6.20. The van der Waals surface area contributed by atoms with Gasteiger partial charge in [0.25, 0.3) is 0 Å². The van der Waals surface area contributed by atoms with Crippen LogP contribution in [-0.4, -0.2) is 37.0 Å². The van der Waals surface area contributed by atoms with Crippen molar-refractivity contribution in [2.75, 3.05) is 26.2 Å². The summed E-state index contributed by atoms with van der Waals surface area (Å²) < 4.78 is 0. The third-order valence-corrected chi connectivity index (χ3v) is 5.05. The van der Waals surface area contributed by atoms with Gasteiger partial charge in [-0.3, -0.25) is 4.79 Å². The van der Waals surface area contributed by atoms with E-state index in [1.807, 2.05) is 0 Å². The summed E-state index contributed by atoms with van der Waals surface area (Å²) in [4.78, 5) is 14.4. The Morgan fingerprint density at radius 3 is 2.41 bits per heavy atom. The molecule has 0 radical (unpaired) electrons. The topological polar surface area (TPSA) is 32.3 Å². The zero-order valence-electron chi connectivity index (χ0n) is 11.5. The molecular weight excluding hydrogens is 212 g/mol. The molecule has 2 saturated heterocycles. The highest BCUT2D eigenvalue weighted by Crippen LogP contribution is 2.34. The van der Waals surface area contributed by atoms with E-state index in [-0.39, 0.29) is 5.92 Å². The quantitative estimate of drug-likeness (QED) is 0.814. The first kappa shape index (κ1) is 12.9. The number of piperidine rings is 1. The van der Waals surface area contributed by atoms with Crippen LogP contribution in [0.5, 0.6) is 0 Å². The summed E-state index contributed by atoms with van der Waals surface area (Å²) in [6.45, 7) is 10.7. The lowest BCUT2D eigenvalue weighted by molar-refractivity contribution is -0.139. The van der Waals surface area contributed by atoms with Crippen LogP contribution in [-0.2, 0) is 4.79 Å². The number of carbonyl (C=O) groups is 1. The molecule has 3 nitrogen and oxygen atoms in total. The molecule has 3 heteroatoms. The van der Waals surface area contributed by atoms with Crippen molar-refractivity contribution < 1.29 is 4.79 Å². The van der Waals surface area contributed by atoms with E-state index in [1.54, 1.807) is 0 Å². The van der Waals surface area contributed by atoms with E-state index in [2.05, 4.69) is 31.0 Å². The lowest BCUT2D eigenvalue weighted by atomic mass is 9.77. The molecule has 2 heterocycles. The van der Waals surface area contributed by atoms with E-state index in [9.17, 15) is 4.79 Å². The molecule has 2 aliphatic rings. The monoisotopic (exact) mass is 238 g/mol. The Balaban J connectivity index is 1.85. The van der Waals surface area contributed by atoms with Gasteiger partial charge in [0.15, 0.2) is 0 Å². The molecule has 0 spiro atoms. The van der Waals surface area contributed by atoms with Crippen LogP contribution in [0, 0.1) is 17.3 Å². The lowest BCUT2D eigenvalue weighted by Crippen LogP contribution is -2.52. The van der Waals surface area contributed by atoms with Gasteiger partial charge in [-0.05, 0) is 37.3 Å². The fourth-order valence-electron chi connectivity index (χ4n) is 2.77. The van der Waals surface area contributed by atoms with Gasteiger partial charge < -0.3 is 10.2 Å². The van der Waals surface area contributed by atoms with Gasteiger partial charge in [0.05, 0.1) is 0 Å². The van der Waals surface area contributed by atoms with Crippen LogP contribution < -0.4 is 5.32 Å². The first-order chi connectivity index (χ1) is 8.06. The van der Waals surface area contributed by atoms with Crippen molar-refractivity contribution in [1.82, 2.24) is 10.2 Å². The lowest BCUT2D eigenvalue weighted by Gasteiger charge is -2.41. The zero-order valence-corrected chi connectivity index (χ0v) is 11.5. The minimum Gasteiger partial charge on any atom is -0.342 e. The number of likely N-dealkylation sites (tertiary alicyclic amines) is 1. The Kier molecular flexibility index (Phi) is 3.76. The third-order valence-electron chi connectivity index (χ3n) is 5.05. The normalized spacial score (nSPS) is 26.4. The molecule has 2 fully saturated rings. The van der Waals surface area contributed by atoms with Crippen molar-refractivity contribution in [2.24, 2.45) is 17.3 Å². The predicted octanol–water partition coefficient (Wildman–Crippen LogP) is 1.88. The van der Waals surface area contributed by atoms with Crippen LogP contribution in [0.2, 0.25) is 0 Å². The van der Waals surface area contributed by atoms with E-state index in [1.165, 1.54) is 19.3 Å². The zero-order chi connectivity index (χ0) is 12.5. The standard InChI is InChI=1S/C14H26N2O/c1-4-14(3)5-7-16(8-6-14)13(17)11(2)12-9-15-10-12/h11-12,15H,4-10H2,1-3H3. The summed E-state index contributed by atoms with van der Waals surface area (Å²) in [5, 5.41) is 3.25. The number of carbonyl (C=O) groups excluding carboxylic acids is 1. The number of amides is 1. The highest BCUT2D eigenvalue weighted by molar-refractivity contribution is 5.79. The van der Waals surface area contributed by atoms with E-state index in [0.29, 0.717) is 17.2 Å². The van der Waals surface area contributed by atoms with E-state index >= 15 is 0 Å². The molecule has 17 heavy (non-hydrogen) atoms. The summed E-state index contributed by atoms with van der Waals surface area (Å²) >= 11 is 0. The second kappa shape index (κ2) is 4.97. The summed E-state index contributed by atoms with van der Waals surface area (Å²) in [6.07, 6.45) is 3.58. The van der Waals surface area contributed by atoms with Crippen molar-refractivity contribution in [3.05, 3.63) is 0 Å². The number of hydrogen-bond acceptors (Lipinski definition) is 2. The highest BCUT2D eigenvalue weighted by atomic mass is 16.2. The average Bonchev–Trinajstić information content (AvgIpc) is 2.27. The van der Waals surface area contributed by atoms with Gasteiger partial charge >= 0.3 is 0 Å². The van der Waals surface area contributed by atoms with Crippen LogP contribution in [0.15, 0.2) is 0 Å². The molecule has 0 bridgehead atoms. The van der Waals surface area contributed by atoms with Crippen LogP contribution in [0.1, 0.15) is 40.0 Å². The van der Waals surface area contributed by atoms with Crippen molar-refractivity contribution in [3.63, 3.8) is 0 Å². The molecule has 0 aliphatic carbocycles. The van der Waals surface area contributed by atoms with Crippen molar-refractivity contribution in [3.8, 4) is 0 Å². The van der Waals surface area contributed by atoms with Gasteiger partial charge in [0.1, 0.15) is 0 Å².